The van der Waals surface area contributed by atoms with Crippen LogP contribution in [-0.2, 0) is 0 Å². The Balaban J connectivity index is 2.35. The van der Waals surface area contributed by atoms with Crippen LogP contribution in [0, 0.1) is 6.33 Å². The molecule has 0 spiro atoms. The number of aromatic nitrogens is 2. The average molecular weight is 183 g/mol. The van der Waals surface area contributed by atoms with Crippen LogP contribution in [0.1, 0.15) is 16.1 Å². The second-order valence-electron chi connectivity index (χ2n) is 2.74. The van der Waals surface area contributed by atoms with Gasteiger partial charge in [0, 0.05) is 11.8 Å². The lowest BCUT2D eigenvalue weighted by Crippen LogP contribution is -2.03. The normalized spacial score (nSPS) is 9.71. The molecule has 0 unspecified atom stereocenters. The summed E-state index contributed by atoms with van der Waals surface area (Å²) in [6.07, 6.45) is 3.89. The van der Waals surface area contributed by atoms with Crippen molar-refractivity contribution in [3.05, 3.63) is 60.2 Å². The molecule has 1 radical (unpaired) electrons. The summed E-state index contributed by atoms with van der Waals surface area (Å²) in [7, 11) is 0. The van der Waals surface area contributed by atoms with E-state index in [4.69, 9.17) is 0 Å². The van der Waals surface area contributed by atoms with Crippen molar-refractivity contribution in [2.24, 2.45) is 0 Å². The lowest BCUT2D eigenvalue weighted by atomic mass is 10.1. The van der Waals surface area contributed by atoms with Gasteiger partial charge in [0.1, 0.15) is 5.69 Å². The Bertz CT molecular complexity index is 384. The molecule has 0 aliphatic heterocycles. The van der Waals surface area contributed by atoms with Crippen molar-refractivity contribution >= 4 is 5.78 Å². The van der Waals surface area contributed by atoms with Crippen molar-refractivity contribution in [2.45, 2.75) is 0 Å². The van der Waals surface area contributed by atoms with Gasteiger partial charge in [0.25, 0.3) is 0 Å². The zero-order valence-electron chi connectivity index (χ0n) is 7.34. The van der Waals surface area contributed by atoms with Crippen molar-refractivity contribution < 1.29 is 4.79 Å². The van der Waals surface area contributed by atoms with E-state index in [2.05, 4.69) is 16.3 Å². The minimum absolute atomic E-state index is 0.107. The van der Waals surface area contributed by atoms with E-state index in [9.17, 15) is 4.79 Å². The summed E-state index contributed by atoms with van der Waals surface area (Å²) in [5, 5.41) is 0. The van der Waals surface area contributed by atoms with Gasteiger partial charge < -0.3 is 0 Å². The fraction of sp³-hybridized carbons (Fsp3) is 0. The van der Waals surface area contributed by atoms with E-state index in [0.29, 0.717) is 11.3 Å². The van der Waals surface area contributed by atoms with Crippen molar-refractivity contribution in [3.63, 3.8) is 0 Å². The second kappa shape index (κ2) is 3.79. The third kappa shape index (κ3) is 1.66. The number of hydrogen-bond acceptors (Lipinski definition) is 3. The molecule has 1 aromatic heterocycles. The first-order valence-electron chi connectivity index (χ1n) is 4.17. The fourth-order valence-electron chi connectivity index (χ4n) is 1.13. The quantitative estimate of drug-likeness (QED) is 0.663. The van der Waals surface area contributed by atoms with Crippen LogP contribution in [0.3, 0.4) is 0 Å². The van der Waals surface area contributed by atoms with Gasteiger partial charge in [-0.05, 0) is 6.07 Å². The second-order valence-corrected chi connectivity index (χ2v) is 2.74. The standard InChI is InChI=1S/C11H7N2O/c14-11(9-4-2-1-3-5-9)10-6-7-12-8-13-10/h1-7H. The molecule has 2 aromatic rings. The van der Waals surface area contributed by atoms with Crippen LogP contribution in [-0.4, -0.2) is 15.8 Å². The Kier molecular flexibility index (Phi) is 2.32. The molecular formula is C11H7N2O. The third-order valence-electron chi connectivity index (χ3n) is 1.80. The zero-order valence-corrected chi connectivity index (χ0v) is 7.34. The van der Waals surface area contributed by atoms with Crippen molar-refractivity contribution in [3.8, 4) is 0 Å². The predicted octanol–water partition coefficient (Wildman–Crippen LogP) is 1.51. The number of nitrogens with zero attached hydrogens (tertiary/aromatic N) is 2. The summed E-state index contributed by atoms with van der Waals surface area (Å²) < 4.78 is 0. The zero-order chi connectivity index (χ0) is 9.80. The maximum absolute atomic E-state index is 11.7. The Labute approximate surface area is 81.5 Å². The van der Waals surface area contributed by atoms with Crippen molar-refractivity contribution in [1.29, 1.82) is 0 Å². The molecule has 0 N–H and O–H groups in total. The first-order chi connectivity index (χ1) is 6.88. The minimum atomic E-state index is -0.107. The molecule has 2 rings (SSSR count). The summed E-state index contributed by atoms with van der Waals surface area (Å²) in [6.45, 7) is 0. The maximum Gasteiger partial charge on any atom is 0.211 e. The molecule has 67 valence electrons. The highest BCUT2D eigenvalue weighted by Gasteiger charge is 2.08. The SMILES string of the molecule is O=C(c1ccccc1)c1ccn[c]n1. The highest BCUT2D eigenvalue weighted by atomic mass is 16.1. The molecule has 0 saturated heterocycles. The van der Waals surface area contributed by atoms with E-state index in [1.165, 1.54) is 6.20 Å². The van der Waals surface area contributed by atoms with Gasteiger partial charge in [0.15, 0.2) is 6.33 Å². The molecule has 0 aliphatic rings. The lowest BCUT2D eigenvalue weighted by molar-refractivity contribution is 0.103. The Morgan fingerprint density at radius 2 is 1.93 bits per heavy atom. The Morgan fingerprint density at radius 3 is 2.57 bits per heavy atom. The van der Waals surface area contributed by atoms with E-state index in [-0.39, 0.29) is 5.78 Å². The minimum Gasteiger partial charge on any atom is -0.287 e. The van der Waals surface area contributed by atoms with Crippen LogP contribution in [0.5, 0.6) is 0 Å². The molecule has 0 aliphatic carbocycles. The largest absolute Gasteiger partial charge is 0.287 e. The molecule has 1 aromatic carbocycles. The molecule has 0 fully saturated rings. The van der Waals surface area contributed by atoms with Crippen LogP contribution >= 0.6 is 0 Å². The Morgan fingerprint density at radius 1 is 1.14 bits per heavy atom. The third-order valence-corrected chi connectivity index (χ3v) is 1.80. The molecule has 0 atom stereocenters. The topological polar surface area (TPSA) is 42.9 Å². The van der Waals surface area contributed by atoms with Gasteiger partial charge in [-0.25, -0.2) is 9.97 Å². The number of carbonyl (C=O) groups is 1. The van der Waals surface area contributed by atoms with Gasteiger partial charge >= 0.3 is 0 Å². The molecule has 1 heterocycles. The van der Waals surface area contributed by atoms with Crippen LogP contribution in [0.4, 0.5) is 0 Å². The Hall–Kier alpha value is -2.03. The smallest absolute Gasteiger partial charge is 0.211 e. The molecule has 3 heteroatoms. The fourth-order valence-corrected chi connectivity index (χ4v) is 1.13. The van der Waals surface area contributed by atoms with Gasteiger partial charge in [-0.2, -0.15) is 0 Å². The number of benzene rings is 1. The summed E-state index contributed by atoms with van der Waals surface area (Å²) in [6, 6.07) is 10.6. The first-order valence-corrected chi connectivity index (χ1v) is 4.17. The van der Waals surface area contributed by atoms with Gasteiger partial charge in [0.05, 0.1) is 0 Å². The summed E-state index contributed by atoms with van der Waals surface area (Å²) in [4.78, 5) is 19.1. The van der Waals surface area contributed by atoms with Crippen LogP contribution in [0.15, 0.2) is 42.6 Å². The van der Waals surface area contributed by atoms with Crippen LogP contribution < -0.4 is 0 Å². The maximum atomic E-state index is 11.7. The van der Waals surface area contributed by atoms with E-state index in [1.54, 1.807) is 18.2 Å². The van der Waals surface area contributed by atoms with Gasteiger partial charge in [-0.1, -0.05) is 30.3 Å². The number of rotatable bonds is 2. The van der Waals surface area contributed by atoms with E-state index in [0.717, 1.165) is 0 Å². The molecule has 0 bridgehead atoms. The van der Waals surface area contributed by atoms with Crippen LogP contribution in [0.25, 0.3) is 0 Å². The average Bonchev–Trinajstić information content (AvgIpc) is 2.30. The lowest BCUT2D eigenvalue weighted by Gasteiger charge is -1.97. The van der Waals surface area contributed by atoms with E-state index < -0.39 is 0 Å². The monoisotopic (exact) mass is 183 g/mol. The van der Waals surface area contributed by atoms with Gasteiger partial charge in [0.2, 0.25) is 5.78 Å². The molecular weight excluding hydrogens is 176 g/mol. The van der Waals surface area contributed by atoms with E-state index >= 15 is 0 Å². The van der Waals surface area contributed by atoms with Gasteiger partial charge in [-0.3, -0.25) is 4.79 Å². The van der Waals surface area contributed by atoms with E-state index in [1.807, 2.05) is 18.2 Å². The van der Waals surface area contributed by atoms with Crippen LogP contribution in [0.2, 0.25) is 0 Å². The molecule has 0 amide bonds. The number of ketones is 1. The van der Waals surface area contributed by atoms with Crippen molar-refractivity contribution in [1.82, 2.24) is 9.97 Å². The summed E-state index contributed by atoms with van der Waals surface area (Å²) >= 11 is 0. The van der Waals surface area contributed by atoms with Gasteiger partial charge in [-0.15, -0.1) is 0 Å². The summed E-state index contributed by atoms with van der Waals surface area (Å²) in [5.74, 6) is -0.107. The predicted molar refractivity (Wildman–Crippen MR) is 50.7 cm³/mol. The molecule has 14 heavy (non-hydrogen) atoms. The highest BCUT2D eigenvalue weighted by Crippen LogP contribution is 2.05. The number of carbonyl (C=O) groups excluding carboxylic acids is 1. The summed E-state index contributed by atoms with van der Waals surface area (Å²) in [5.41, 5.74) is 0.991. The van der Waals surface area contributed by atoms with Crippen molar-refractivity contribution in [2.75, 3.05) is 0 Å². The molecule has 0 saturated carbocycles. The highest BCUT2D eigenvalue weighted by molar-refractivity contribution is 6.07. The number of hydrogen-bond donors (Lipinski definition) is 0. The molecule has 3 nitrogen and oxygen atoms in total. The first kappa shape index (κ1) is 8.56.